The Hall–Kier alpha value is -3.35. The summed E-state index contributed by atoms with van der Waals surface area (Å²) in [4.78, 5) is 36.2. The Balaban J connectivity index is 1.89. The molecule has 0 saturated heterocycles. The van der Waals surface area contributed by atoms with Crippen molar-refractivity contribution in [2.75, 3.05) is 17.2 Å². The molecular weight excluding hydrogens is 384 g/mol. The Kier molecular flexibility index (Phi) is 7.58. The monoisotopic (exact) mass is 412 g/mol. The van der Waals surface area contributed by atoms with Gasteiger partial charge in [0.25, 0.3) is 5.91 Å². The Morgan fingerprint density at radius 1 is 0.967 bits per heavy atom. The Bertz CT molecular complexity index is 914. The normalized spacial score (nSPS) is 10.8. The fourth-order valence-electron chi connectivity index (χ4n) is 2.70. The van der Waals surface area contributed by atoms with Gasteiger partial charge in [0, 0.05) is 11.4 Å². The molecule has 0 fully saturated rings. The van der Waals surface area contributed by atoms with Crippen LogP contribution in [-0.2, 0) is 20.7 Å². The third kappa shape index (κ3) is 6.92. The van der Waals surface area contributed by atoms with Gasteiger partial charge < -0.3 is 14.8 Å². The number of rotatable bonds is 6. The molecule has 2 aromatic carbocycles. The van der Waals surface area contributed by atoms with Crippen molar-refractivity contribution in [3.63, 3.8) is 0 Å². The Morgan fingerprint density at radius 3 is 2.23 bits per heavy atom. The Labute approximate surface area is 176 Å². The van der Waals surface area contributed by atoms with E-state index in [0.717, 1.165) is 23.2 Å². The second kappa shape index (κ2) is 9.91. The van der Waals surface area contributed by atoms with Crippen molar-refractivity contribution in [1.82, 2.24) is 0 Å². The molecule has 0 radical (unpaired) electrons. The topological polar surface area (TPSA) is 93.7 Å². The van der Waals surface area contributed by atoms with Crippen LogP contribution in [0.15, 0.2) is 42.5 Å². The minimum absolute atomic E-state index is 0.266. The molecule has 2 N–H and O–H groups in total. The number of amides is 2. The molecule has 7 nitrogen and oxygen atoms in total. The SMILES string of the molecule is CCc1cccc(C)c1NC(=O)COC(=O)c1ccc(NC(=O)OC(C)(C)C)cc1. The summed E-state index contributed by atoms with van der Waals surface area (Å²) in [5, 5.41) is 5.39. The van der Waals surface area contributed by atoms with Gasteiger partial charge in [0.1, 0.15) is 5.60 Å². The standard InChI is InChI=1S/C23H28N2O5/c1-6-16-9-7-8-15(2)20(16)25-19(26)14-29-21(27)17-10-12-18(13-11-17)24-22(28)30-23(3,4)5/h7-13H,6,14H2,1-5H3,(H,24,28)(H,25,26). The first-order valence-corrected chi connectivity index (χ1v) is 9.74. The number of ether oxygens (including phenoxy) is 2. The molecule has 0 aliphatic rings. The van der Waals surface area contributed by atoms with Crippen LogP contribution in [-0.4, -0.2) is 30.2 Å². The van der Waals surface area contributed by atoms with Crippen LogP contribution < -0.4 is 10.6 Å². The highest BCUT2D eigenvalue weighted by atomic mass is 16.6. The van der Waals surface area contributed by atoms with E-state index in [1.54, 1.807) is 32.9 Å². The molecule has 2 rings (SSSR count). The predicted molar refractivity (Wildman–Crippen MR) is 116 cm³/mol. The van der Waals surface area contributed by atoms with Gasteiger partial charge in [0.05, 0.1) is 5.56 Å². The molecule has 0 aliphatic heterocycles. The van der Waals surface area contributed by atoms with E-state index in [2.05, 4.69) is 10.6 Å². The van der Waals surface area contributed by atoms with E-state index in [9.17, 15) is 14.4 Å². The van der Waals surface area contributed by atoms with Crippen LogP contribution in [0.25, 0.3) is 0 Å². The molecular formula is C23H28N2O5. The summed E-state index contributed by atoms with van der Waals surface area (Å²) in [7, 11) is 0. The first-order valence-electron chi connectivity index (χ1n) is 9.74. The van der Waals surface area contributed by atoms with Gasteiger partial charge in [-0.2, -0.15) is 0 Å². The molecule has 0 spiro atoms. The van der Waals surface area contributed by atoms with Gasteiger partial charge in [-0.3, -0.25) is 10.1 Å². The number of nitrogens with one attached hydrogen (secondary N) is 2. The van der Waals surface area contributed by atoms with E-state index in [0.29, 0.717) is 5.69 Å². The highest BCUT2D eigenvalue weighted by molar-refractivity contribution is 5.96. The fourth-order valence-corrected chi connectivity index (χ4v) is 2.70. The summed E-state index contributed by atoms with van der Waals surface area (Å²) in [5.74, 6) is -1.04. The predicted octanol–water partition coefficient (Wildman–Crippen LogP) is 4.70. The second-order valence-corrected chi connectivity index (χ2v) is 7.79. The zero-order chi connectivity index (χ0) is 22.3. The van der Waals surface area contributed by atoms with Gasteiger partial charge in [-0.1, -0.05) is 25.1 Å². The quantitative estimate of drug-likeness (QED) is 0.671. The first-order chi connectivity index (χ1) is 14.1. The average molecular weight is 412 g/mol. The zero-order valence-electron chi connectivity index (χ0n) is 18.0. The van der Waals surface area contributed by atoms with E-state index in [4.69, 9.17) is 9.47 Å². The molecule has 0 bridgehead atoms. The number of benzene rings is 2. The largest absolute Gasteiger partial charge is 0.452 e. The molecule has 7 heteroatoms. The smallest absolute Gasteiger partial charge is 0.412 e. The summed E-state index contributed by atoms with van der Waals surface area (Å²) in [6.07, 6.45) is 0.193. The molecule has 2 amide bonds. The molecule has 30 heavy (non-hydrogen) atoms. The molecule has 0 aliphatic carbocycles. The maximum Gasteiger partial charge on any atom is 0.412 e. The fraction of sp³-hybridized carbons (Fsp3) is 0.348. The van der Waals surface area contributed by atoms with Crippen LogP contribution in [0.3, 0.4) is 0 Å². The third-order valence-electron chi connectivity index (χ3n) is 4.10. The van der Waals surface area contributed by atoms with Crippen molar-refractivity contribution in [1.29, 1.82) is 0 Å². The van der Waals surface area contributed by atoms with Crippen molar-refractivity contribution in [3.8, 4) is 0 Å². The summed E-state index contributed by atoms with van der Waals surface area (Å²) in [6.45, 7) is 8.83. The average Bonchev–Trinajstić information content (AvgIpc) is 2.66. The number of carbonyl (C=O) groups excluding carboxylic acids is 3. The lowest BCUT2D eigenvalue weighted by Gasteiger charge is -2.19. The van der Waals surface area contributed by atoms with Crippen molar-refractivity contribution in [2.24, 2.45) is 0 Å². The summed E-state index contributed by atoms with van der Waals surface area (Å²) >= 11 is 0. The van der Waals surface area contributed by atoms with Crippen LogP contribution in [0.1, 0.15) is 49.2 Å². The van der Waals surface area contributed by atoms with E-state index >= 15 is 0 Å². The number of aryl methyl sites for hydroxylation is 2. The molecule has 0 aromatic heterocycles. The van der Waals surface area contributed by atoms with Crippen molar-refractivity contribution in [2.45, 2.75) is 46.6 Å². The minimum Gasteiger partial charge on any atom is -0.452 e. The van der Waals surface area contributed by atoms with E-state index in [1.165, 1.54) is 12.1 Å². The number of anilines is 2. The van der Waals surface area contributed by atoms with Crippen LogP contribution in [0.5, 0.6) is 0 Å². The van der Waals surface area contributed by atoms with Gasteiger partial charge >= 0.3 is 12.1 Å². The lowest BCUT2D eigenvalue weighted by atomic mass is 10.1. The summed E-state index contributed by atoms with van der Waals surface area (Å²) in [5.41, 5.74) is 2.85. The van der Waals surface area contributed by atoms with Gasteiger partial charge in [-0.05, 0) is 69.5 Å². The summed E-state index contributed by atoms with van der Waals surface area (Å²) in [6, 6.07) is 11.9. The highest BCUT2D eigenvalue weighted by Gasteiger charge is 2.17. The number of hydrogen-bond acceptors (Lipinski definition) is 5. The first kappa shape index (κ1) is 22.9. The number of hydrogen-bond donors (Lipinski definition) is 2. The zero-order valence-corrected chi connectivity index (χ0v) is 18.0. The summed E-state index contributed by atoms with van der Waals surface area (Å²) < 4.78 is 10.3. The number of esters is 1. The molecule has 0 atom stereocenters. The van der Waals surface area contributed by atoms with Gasteiger partial charge in [-0.25, -0.2) is 9.59 Å². The van der Waals surface area contributed by atoms with Crippen LogP contribution in [0.4, 0.5) is 16.2 Å². The van der Waals surface area contributed by atoms with Crippen molar-refractivity contribution >= 4 is 29.3 Å². The van der Waals surface area contributed by atoms with Gasteiger partial charge in [-0.15, -0.1) is 0 Å². The molecule has 0 saturated carbocycles. The van der Waals surface area contributed by atoms with Crippen LogP contribution in [0.2, 0.25) is 0 Å². The maximum absolute atomic E-state index is 12.2. The van der Waals surface area contributed by atoms with Gasteiger partial charge in [0.15, 0.2) is 6.61 Å². The lowest BCUT2D eigenvalue weighted by Crippen LogP contribution is -2.27. The van der Waals surface area contributed by atoms with Crippen LogP contribution in [0, 0.1) is 6.92 Å². The molecule has 160 valence electrons. The maximum atomic E-state index is 12.2. The van der Waals surface area contributed by atoms with Crippen molar-refractivity contribution < 1.29 is 23.9 Å². The highest BCUT2D eigenvalue weighted by Crippen LogP contribution is 2.21. The Morgan fingerprint density at radius 2 is 1.63 bits per heavy atom. The molecule has 2 aromatic rings. The lowest BCUT2D eigenvalue weighted by molar-refractivity contribution is -0.119. The van der Waals surface area contributed by atoms with Gasteiger partial charge in [0.2, 0.25) is 0 Å². The number of para-hydroxylation sites is 1. The molecule has 0 heterocycles. The molecule has 0 unspecified atom stereocenters. The minimum atomic E-state index is -0.630. The van der Waals surface area contributed by atoms with Crippen LogP contribution >= 0.6 is 0 Å². The van der Waals surface area contributed by atoms with E-state index in [-0.39, 0.29) is 5.56 Å². The second-order valence-electron chi connectivity index (χ2n) is 7.79. The van der Waals surface area contributed by atoms with E-state index < -0.39 is 30.2 Å². The van der Waals surface area contributed by atoms with Crippen molar-refractivity contribution in [3.05, 3.63) is 59.2 Å². The number of carbonyl (C=O) groups is 3. The third-order valence-corrected chi connectivity index (χ3v) is 4.10. The van der Waals surface area contributed by atoms with E-state index in [1.807, 2.05) is 32.0 Å².